The molecule has 7 heteroatoms. The van der Waals surface area contributed by atoms with Gasteiger partial charge in [-0.05, 0) is 18.7 Å². The quantitative estimate of drug-likeness (QED) is 0.833. The largest absolute Gasteiger partial charge is 0.325 e. The van der Waals surface area contributed by atoms with Gasteiger partial charge in [0.25, 0.3) is 0 Å². The third-order valence-electron chi connectivity index (χ3n) is 3.42. The van der Waals surface area contributed by atoms with E-state index in [0.717, 1.165) is 19.6 Å². The van der Waals surface area contributed by atoms with Gasteiger partial charge in [-0.25, -0.2) is 8.42 Å². The lowest BCUT2D eigenvalue weighted by Gasteiger charge is -2.33. The molecule has 1 aromatic heterocycles. The molecule has 2 heterocycles. The van der Waals surface area contributed by atoms with Crippen LogP contribution in [0, 0.1) is 0 Å². The lowest BCUT2D eigenvalue weighted by molar-refractivity contribution is 0.196. The Kier molecular flexibility index (Phi) is 4.51. The Morgan fingerprint density at radius 3 is 2.42 bits per heavy atom. The lowest BCUT2D eigenvalue weighted by atomic mass is 10.4. The predicted molar refractivity (Wildman–Crippen MR) is 73.0 cm³/mol. The van der Waals surface area contributed by atoms with Gasteiger partial charge in [0.2, 0.25) is 10.0 Å². The fourth-order valence-electron chi connectivity index (χ4n) is 2.12. The average molecular weight is 284 g/mol. The number of sulfonamides is 1. The molecule has 0 atom stereocenters. The summed E-state index contributed by atoms with van der Waals surface area (Å²) < 4.78 is 26.4. The molecule has 2 rings (SSSR count). The number of pyridine rings is 1. The summed E-state index contributed by atoms with van der Waals surface area (Å²) >= 11 is 0. The van der Waals surface area contributed by atoms with Crippen molar-refractivity contribution in [2.24, 2.45) is 5.73 Å². The monoisotopic (exact) mass is 284 g/mol. The number of likely N-dealkylation sites (N-methyl/N-ethyl adjacent to an activating group) is 1. The van der Waals surface area contributed by atoms with Crippen LogP contribution in [0.25, 0.3) is 0 Å². The standard InChI is InChI=1S/C12H20N4O2S/c1-2-15-5-7-16(8-6-15)19(17,18)12-4-3-11(9-13)14-10-12/h3-4,10H,2,5-9,13H2,1H3. The minimum Gasteiger partial charge on any atom is -0.325 e. The Morgan fingerprint density at radius 1 is 1.26 bits per heavy atom. The van der Waals surface area contributed by atoms with Gasteiger partial charge in [0.1, 0.15) is 4.90 Å². The molecule has 0 spiro atoms. The molecule has 2 N–H and O–H groups in total. The fourth-order valence-corrected chi connectivity index (χ4v) is 3.49. The summed E-state index contributed by atoms with van der Waals surface area (Å²) in [6, 6.07) is 3.24. The Bertz CT molecular complexity index is 507. The van der Waals surface area contributed by atoms with Crippen molar-refractivity contribution < 1.29 is 8.42 Å². The van der Waals surface area contributed by atoms with Crippen LogP contribution in [0.2, 0.25) is 0 Å². The molecule has 1 aliphatic rings. The van der Waals surface area contributed by atoms with Gasteiger partial charge in [-0.15, -0.1) is 0 Å². The van der Waals surface area contributed by atoms with Gasteiger partial charge in [-0.2, -0.15) is 4.31 Å². The Balaban J connectivity index is 2.13. The minimum atomic E-state index is -3.42. The molecular weight excluding hydrogens is 264 g/mol. The highest BCUT2D eigenvalue weighted by Gasteiger charge is 2.28. The SMILES string of the molecule is CCN1CCN(S(=O)(=O)c2ccc(CN)nc2)CC1. The molecule has 0 aromatic carbocycles. The number of rotatable bonds is 4. The van der Waals surface area contributed by atoms with Crippen LogP contribution in [-0.2, 0) is 16.6 Å². The zero-order chi connectivity index (χ0) is 13.9. The zero-order valence-corrected chi connectivity index (χ0v) is 11.9. The number of nitrogens with zero attached hydrogens (tertiary/aromatic N) is 3. The van der Waals surface area contributed by atoms with E-state index in [-0.39, 0.29) is 4.90 Å². The number of piperazine rings is 1. The van der Waals surface area contributed by atoms with Crippen LogP contribution in [0.1, 0.15) is 12.6 Å². The van der Waals surface area contributed by atoms with E-state index in [9.17, 15) is 8.42 Å². The molecule has 0 saturated carbocycles. The fraction of sp³-hybridized carbons (Fsp3) is 0.583. The first-order valence-corrected chi connectivity index (χ1v) is 7.89. The summed E-state index contributed by atoms with van der Waals surface area (Å²) in [4.78, 5) is 6.53. The van der Waals surface area contributed by atoms with E-state index in [2.05, 4.69) is 16.8 Å². The molecule has 1 aromatic rings. The highest BCUT2D eigenvalue weighted by atomic mass is 32.2. The maximum Gasteiger partial charge on any atom is 0.244 e. The average Bonchev–Trinajstić information content (AvgIpc) is 2.47. The summed E-state index contributed by atoms with van der Waals surface area (Å²) in [6.45, 7) is 5.99. The smallest absolute Gasteiger partial charge is 0.244 e. The van der Waals surface area contributed by atoms with Crippen molar-refractivity contribution in [1.29, 1.82) is 0 Å². The molecular formula is C12H20N4O2S. The van der Waals surface area contributed by atoms with Crippen LogP contribution in [-0.4, -0.2) is 55.3 Å². The van der Waals surface area contributed by atoms with E-state index >= 15 is 0 Å². The predicted octanol–water partition coefficient (Wildman–Crippen LogP) is -0.133. The maximum atomic E-state index is 12.4. The van der Waals surface area contributed by atoms with Crippen LogP contribution in [0.5, 0.6) is 0 Å². The molecule has 19 heavy (non-hydrogen) atoms. The van der Waals surface area contributed by atoms with E-state index < -0.39 is 10.0 Å². The minimum absolute atomic E-state index is 0.245. The van der Waals surface area contributed by atoms with Gasteiger partial charge in [0.05, 0.1) is 5.69 Å². The maximum absolute atomic E-state index is 12.4. The van der Waals surface area contributed by atoms with Gasteiger partial charge in [0.15, 0.2) is 0 Å². The van der Waals surface area contributed by atoms with Crippen molar-refractivity contribution in [3.05, 3.63) is 24.0 Å². The second kappa shape index (κ2) is 5.96. The van der Waals surface area contributed by atoms with Gasteiger partial charge in [-0.1, -0.05) is 6.92 Å². The van der Waals surface area contributed by atoms with E-state index in [1.807, 2.05) is 0 Å². The topological polar surface area (TPSA) is 79.5 Å². The molecule has 1 saturated heterocycles. The van der Waals surface area contributed by atoms with Gasteiger partial charge < -0.3 is 10.6 Å². The number of nitrogens with two attached hydrogens (primary N) is 1. The number of hydrogen-bond acceptors (Lipinski definition) is 5. The highest BCUT2D eigenvalue weighted by Crippen LogP contribution is 2.16. The van der Waals surface area contributed by atoms with Crippen molar-refractivity contribution in [2.75, 3.05) is 32.7 Å². The second-order valence-electron chi connectivity index (χ2n) is 4.53. The van der Waals surface area contributed by atoms with Crippen LogP contribution in [0.3, 0.4) is 0 Å². The molecule has 0 aliphatic carbocycles. The third kappa shape index (κ3) is 3.11. The summed E-state index contributed by atoms with van der Waals surface area (Å²) in [5.74, 6) is 0. The summed E-state index contributed by atoms with van der Waals surface area (Å²) in [7, 11) is -3.42. The Labute approximate surface area is 114 Å². The zero-order valence-electron chi connectivity index (χ0n) is 11.1. The van der Waals surface area contributed by atoms with E-state index in [1.165, 1.54) is 10.5 Å². The first-order chi connectivity index (χ1) is 9.07. The molecule has 0 amide bonds. The molecule has 1 aliphatic heterocycles. The van der Waals surface area contributed by atoms with E-state index in [4.69, 9.17) is 5.73 Å². The van der Waals surface area contributed by atoms with E-state index in [1.54, 1.807) is 12.1 Å². The molecule has 6 nitrogen and oxygen atoms in total. The van der Waals surface area contributed by atoms with Crippen LogP contribution in [0.15, 0.2) is 23.2 Å². The first-order valence-electron chi connectivity index (χ1n) is 6.45. The van der Waals surface area contributed by atoms with Crippen LogP contribution in [0.4, 0.5) is 0 Å². The van der Waals surface area contributed by atoms with Crippen molar-refractivity contribution in [2.45, 2.75) is 18.4 Å². The number of aromatic nitrogens is 1. The van der Waals surface area contributed by atoms with Crippen LogP contribution >= 0.6 is 0 Å². The van der Waals surface area contributed by atoms with Crippen molar-refractivity contribution in [1.82, 2.24) is 14.2 Å². The van der Waals surface area contributed by atoms with Gasteiger partial charge in [-0.3, -0.25) is 4.98 Å². The van der Waals surface area contributed by atoms with Crippen molar-refractivity contribution in [3.8, 4) is 0 Å². The summed E-state index contributed by atoms with van der Waals surface area (Å²) in [5.41, 5.74) is 6.14. The van der Waals surface area contributed by atoms with Crippen molar-refractivity contribution in [3.63, 3.8) is 0 Å². The van der Waals surface area contributed by atoms with Crippen LogP contribution < -0.4 is 5.73 Å². The van der Waals surface area contributed by atoms with Crippen molar-refractivity contribution >= 4 is 10.0 Å². The summed E-state index contributed by atoms with van der Waals surface area (Å²) in [5, 5.41) is 0. The first kappa shape index (κ1) is 14.4. The van der Waals surface area contributed by atoms with E-state index in [0.29, 0.717) is 25.3 Å². The summed E-state index contributed by atoms with van der Waals surface area (Å²) in [6.07, 6.45) is 1.39. The Morgan fingerprint density at radius 2 is 1.95 bits per heavy atom. The highest BCUT2D eigenvalue weighted by molar-refractivity contribution is 7.89. The molecule has 106 valence electrons. The molecule has 0 unspecified atom stereocenters. The third-order valence-corrected chi connectivity index (χ3v) is 5.31. The number of hydrogen-bond donors (Lipinski definition) is 1. The molecule has 1 fully saturated rings. The lowest BCUT2D eigenvalue weighted by Crippen LogP contribution is -2.48. The molecule has 0 radical (unpaired) electrons. The normalized spacial score (nSPS) is 18.6. The van der Waals surface area contributed by atoms with Gasteiger partial charge in [0, 0.05) is 38.9 Å². The Hall–Kier alpha value is -1.02. The van der Waals surface area contributed by atoms with Gasteiger partial charge >= 0.3 is 0 Å². The second-order valence-corrected chi connectivity index (χ2v) is 6.47. The molecule has 0 bridgehead atoms.